The first-order valence-corrected chi connectivity index (χ1v) is 11.2. The van der Waals surface area contributed by atoms with Gasteiger partial charge in [0.2, 0.25) is 0 Å². The molecule has 2 aliphatic heterocycles. The van der Waals surface area contributed by atoms with Gasteiger partial charge in [0, 0.05) is 29.8 Å². The highest BCUT2D eigenvalue weighted by Gasteiger charge is 2.25. The number of ether oxygens (including phenoxy) is 1. The van der Waals surface area contributed by atoms with Crippen LogP contribution < -0.4 is 25.2 Å². The third-order valence-electron chi connectivity index (χ3n) is 6.03. The van der Waals surface area contributed by atoms with Crippen molar-refractivity contribution in [1.29, 1.82) is 0 Å². The van der Waals surface area contributed by atoms with Crippen LogP contribution in [-0.4, -0.2) is 57.7 Å². The van der Waals surface area contributed by atoms with Crippen LogP contribution >= 0.6 is 0 Å². The van der Waals surface area contributed by atoms with E-state index in [9.17, 15) is 9.59 Å². The largest absolute Gasteiger partial charge is 0.493 e. The number of carbonyl (C=O) groups is 2. The molecule has 2 amide bonds. The van der Waals surface area contributed by atoms with Gasteiger partial charge in [0.05, 0.1) is 6.61 Å². The van der Waals surface area contributed by atoms with Crippen molar-refractivity contribution in [2.45, 2.75) is 19.9 Å². The molecule has 0 aromatic heterocycles. The van der Waals surface area contributed by atoms with E-state index in [0.29, 0.717) is 24.3 Å². The number of fused-ring (bicyclic) bond motifs is 1. The van der Waals surface area contributed by atoms with Crippen molar-refractivity contribution in [2.75, 3.05) is 51.2 Å². The van der Waals surface area contributed by atoms with Gasteiger partial charge in [0.15, 0.2) is 6.54 Å². The highest BCUT2D eigenvalue weighted by molar-refractivity contribution is 5.97. The van der Waals surface area contributed by atoms with E-state index in [1.165, 1.54) is 16.0 Å². The minimum Gasteiger partial charge on any atom is -0.493 e. The average Bonchev–Trinajstić information content (AvgIpc) is 3.23. The van der Waals surface area contributed by atoms with Gasteiger partial charge in [0.1, 0.15) is 38.5 Å². The lowest BCUT2D eigenvalue weighted by atomic mass is 10.1. The number of hydrogen-bond acceptors (Lipinski definition) is 3. The van der Waals surface area contributed by atoms with Gasteiger partial charge >= 0.3 is 0 Å². The maximum absolute atomic E-state index is 12.5. The Morgan fingerprint density at radius 3 is 2.65 bits per heavy atom. The van der Waals surface area contributed by atoms with Crippen molar-refractivity contribution in [2.24, 2.45) is 0 Å². The van der Waals surface area contributed by atoms with Crippen molar-refractivity contribution < 1.29 is 24.1 Å². The molecular formula is C24H32N4O3+2. The first kappa shape index (κ1) is 21.3. The molecule has 2 aromatic rings. The Bertz CT molecular complexity index is 938. The lowest BCUT2D eigenvalue weighted by Crippen LogP contribution is -3.28. The van der Waals surface area contributed by atoms with Crippen LogP contribution in [0.5, 0.6) is 5.75 Å². The molecule has 2 aromatic carbocycles. The molecule has 7 heteroatoms. The quantitative estimate of drug-likeness (QED) is 0.475. The van der Waals surface area contributed by atoms with E-state index in [4.69, 9.17) is 4.74 Å². The Hall–Kier alpha value is -2.90. The van der Waals surface area contributed by atoms with E-state index in [-0.39, 0.29) is 11.8 Å². The zero-order valence-corrected chi connectivity index (χ0v) is 18.1. The lowest BCUT2D eigenvalue weighted by Gasteiger charge is -2.29. The molecule has 1 saturated heterocycles. The van der Waals surface area contributed by atoms with Crippen LogP contribution in [0.25, 0.3) is 0 Å². The van der Waals surface area contributed by atoms with E-state index in [2.05, 4.69) is 28.8 Å². The minimum absolute atomic E-state index is 0.00915. The predicted molar refractivity (Wildman–Crippen MR) is 119 cm³/mol. The van der Waals surface area contributed by atoms with Crippen LogP contribution in [0.1, 0.15) is 28.4 Å². The Morgan fingerprint density at radius 2 is 1.84 bits per heavy atom. The molecule has 0 aliphatic carbocycles. The summed E-state index contributed by atoms with van der Waals surface area (Å²) in [6.45, 7) is 8.82. The summed E-state index contributed by atoms with van der Waals surface area (Å²) in [6, 6.07) is 13.7. The summed E-state index contributed by atoms with van der Waals surface area (Å²) in [5.41, 5.74) is 3.92. The third kappa shape index (κ3) is 5.62. The van der Waals surface area contributed by atoms with E-state index in [1.807, 2.05) is 13.0 Å². The predicted octanol–water partition coefficient (Wildman–Crippen LogP) is -0.707. The SMILES string of the molecule is CCNC(=O)c1cccc(NC(=O)C[NH+]2CC[NH+](Cc3ccc4c(c3)CCO4)CC2)c1. The van der Waals surface area contributed by atoms with E-state index >= 15 is 0 Å². The molecule has 0 radical (unpaired) electrons. The number of anilines is 1. The molecule has 0 unspecified atom stereocenters. The van der Waals surface area contributed by atoms with Crippen molar-refractivity contribution >= 4 is 17.5 Å². The summed E-state index contributed by atoms with van der Waals surface area (Å²) in [6.07, 6.45) is 1.01. The normalized spacial score (nSPS) is 19.9. The Balaban J connectivity index is 1.23. The van der Waals surface area contributed by atoms with Gasteiger partial charge in [-0.2, -0.15) is 0 Å². The first-order valence-electron chi connectivity index (χ1n) is 11.2. The highest BCUT2D eigenvalue weighted by Crippen LogP contribution is 2.25. The van der Waals surface area contributed by atoms with Gasteiger partial charge in [0.25, 0.3) is 11.8 Å². The molecule has 164 valence electrons. The molecule has 7 nitrogen and oxygen atoms in total. The maximum atomic E-state index is 12.5. The number of benzene rings is 2. The monoisotopic (exact) mass is 424 g/mol. The van der Waals surface area contributed by atoms with Crippen LogP contribution in [-0.2, 0) is 17.8 Å². The Morgan fingerprint density at radius 1 is 1.03 bits per heavy atom. The summed E-state index contributed by atoms with van der Waals surface area (Å²) in [5.74, 6) is 0.903. The number of carbonyl (C=O) groups excluding carboxylic acids is 2. The summed E-state index contributed by atoms with van der Waals surface area (Å²) in [5, 5.41) is 5.72. The second kappa shape index (κ2) is 9.94. The van der Waals surface area contributed by atoms with Crippen LogP contribution in [0.3, 0.4) is 0 Å². The topological polar surface area (TPSA) is 76.3 Å². The smallest absolute Gasteiger partial charge is 0.279 e. The number of piperazine rings is 1. The van der Waals surface area contributed by atoms with Gasteiger partial charge in [-0.25, -0.2) is 0 Å². The Kier molecular flexibility index (Phi) is 6.84. The molecule has 4 N–H and O–H groups in total. The van der Waals surface area contributed by atoms with E-state index < -0.39 is 0 Å². The van der Waals surface area contributed by atoms with Gasteiger partial charge in [-0.05, 0) is 48.9 Å². The fourth-order valence-corrected chi connectivity index (χ4v) is 4.38. The Labute approximate surface area is 183 Å². The highest BCUT2D eigenvalue weighted by atomic mass is 16.5. The molecular weight excluding hydrogens is 392 g/mol. The molecule has 31 heavy (non-hydrogen) atoms. The van der Waals surface area contributed by atoms with Gasteiger partial charge < -0.3 is 25.2 Å². The number of quaternary nitrogens is 2. The summed E-state index contributed by atoms with van der Waals surface area (Å²) in [7, 11) is 0. The zero-order chi connectivity index (χ0) is 21.6. The van der Waals surface area contributed by atoms with Gasteiger partial charge in [-0.15, -0.1) is 0 Å². The van der Waals surface area contributed by atoms with E-state index in [0.717, 1.165) is 51.5 Å². The number of rotatable bonds is 7. The first-order chi connectivity index (χ1) is 15.1. The average molecular weight is 425 g/mol. The van der Waals surface area contributed by atoms with Gasteiger partial charge in [-0.3, -0.25) is 9.59 Å². The summed E-state index contributed by atoms with van der Waals surface area (Å²) >= 11 is 0. The fourth-order valence-electron chi connectivity index (χ4n) is 4.38. The maximum Gasteiger partial charge on any atom is 0.279 e. The molecule has 4 rings (SSSR count). The van der Waals surface area contributed by atoms with Crippen LogP contribution in [0.4, 0.5) is 5.69 Å². The standard InChI is InChI=1S/C24H30N4O3/c1-2-25-24(30)20-4-3-5-21(15-20)26-23(29)17-28-11-9-27(10-12-28)16-18-6-7-22-19(14-18)8-13-31-22/h3-7,14-15H,2,8-13,16-17H2,1H3,(H,25,30)(H,26,29)/p+2. The third-order valence-corrected chi connectivity index (χ3v) is 6.03. The van der Waals surface area contributed by atoms with Crippen molar-refractivity contribution in [1.82, 2.24) is 5.32 Å². The second-order valence-electron chi connectivity index (χ2n) is 8.38. The molecule has 2 heterocycles. The minimum atomic E-state index is -0.126. The van der Waals surface area contributed by atoms with Crippen LogP contribution in [0.15, 0.2) is 42.5 Å². The molecule has 1 fully saturated rings. The molecule has 0 atom stereocenters. The van der Waals surface area contributed by atoms with Crippen molar-refractivity contribution in [3.8, 4) is 5.75 Å². The van der Waals surface area contributed by atoms with Crippen LogP contribution in [0.2, 0.25) is 0 Å². The zero-order valence-electron chi connectivity index (χ0n) is 18.1. The molecule has 0 bridgehead atoms. The molecule has 0 spiro atoms. The second-order valence-corrected chi connectivity index (χ2v) is 8.38. The van der Waals surface area contributed by atoms with Gasteiger partial charge in [-0.1, -0.05) is 6.07 Å². The van der Waals surface area contributed by atoms with Crippen molar-refractivity contribution in [3.05, 3.63) is 59.2 Å². The summed E-state index contributed by atoms with van der Waals surface area (Å²) < 4.78 is 5.60. The van der Waals surface area contributed by atoms with Crippen LogP contribution in [0, 0.1) is 0 Å². The van der Waals surface area contributed by atoms with E-state index in [1.54, 1.807) is 23.1 Å². The fraction of sp³-hybridized carbons (Fsp3) is 0.417. The lowest BCUT2D eigenvalue weighted by molar-refractivity contribution is -1.02. The number of amides is 2. The number of hydrogen-bond donors (Lipinski definition) is 4. The molecule has 0 saturated carbocycles. The summed E-state index contributed by atoms with van der Waals surface area (Å²) in [4.78, 5) is 27.4. The molecule has 2 aliphatic rings. The number of nitrogens with one attached hydrogen (secondary N) is 4. The van der Waals surface area contributed by atoms with Crippen molar-refractivity contribution in [3.63, 3.8) is 0 Å².